The number of rotatable bonds is 2. The number of carbonyl (C=O) groups excluding carboxylic acids is 1. The third kappa shape index (κ3) is 2.67. The second-order valence-corrected chi connectivity index (χ2v) is 7.87. The van der Waals surface area contributed by atoms with E-state index in [0.717, 1.165) is 30.4 Å². The van der Waals surface area contributed by atoms with E-state index in [1.165, 1.54) is 0 Å². The molecule has 2 aromatic heterocycles. The van der Waals surface area contributed by atoms with Gasteiger partial charge < -0.3 is 19.0 Å². The van der Waals surface area contributed by atoms with E-state index < -0.39 is 6.10 Å². The van der Waals surface area contributed by atoms with Gasteiger partial charge in [-0.3, -0.25) is 4.79 Å². The molecule has 0 bridgehead atoms. The summed E-state index contributed by atoms with van der Waals surface area (Å²) in [6.45, 7) is 3.27. The molecular formula is C21H23N3O3. The molecule has 140 valence electrons. The molecule has 0 spiro atoms. The molecule has 0 radical (unpaired) electrons. The Morgan fingerprint density at radius 3 is 2.74 bits per heavy atom. The van der Waals surface area contributed by atoms with Crippen molar-refractivity contribution in [3.63, 3.8) is 0 Å². The van der Waals surface area contributed by atoms with Crippen LogP contribution in [-0.4, -0.2) is 44.7 Å². The Hall–Kier alpha value is -2.60. The number of aliphatic hydroxyl groups excluding tert-OH is 1. The lowest BCUT2D eigenvalue weighted by molar-refractivity contribution is 0.0374. The van der Waals surface area contributed by atoms with Gasteiger partial charge in [0.05, 0.1) is 41.3 Å². The van der Waals surface area contributed by atoms with Gasteiger partial charge in [0.15, 0.2) is 0 Å². The van der Waals surface area contributed by atoms with Crippen LogP contribution in [0.4, 0.5) is 0 Å². The Balaban J connectivity index is 1.38. The first kappa shape index (κ1) is 16.6. The molecule has 4 atom stereocenters. The van der Waals surface area contributed by atoms with Crippen molar-refractivity contribution in [2.75, 3.05) is 13.1 Å². The van der Waals surface area contributed by atoms with Crippen LogP contribution in [0, 0.1) is 18.8 Å². The summed E-state index contributed by atoms with van der Waals surface area (Å²) in [5.41, 5.74) is 2.65. The number of aromatic nitrogens is 2. The van der Waals surface area contributed by atoms with Gasteiger partial charge in [0.2, 0.25) is 0 Å². The van der Waals surface area contributed by atoms with E-state index in [2.05, 4.69) is 9.55 Å². The van der Waals surface area contributed by atoms with Crippen LogP contribution in [0.5, 0.6) is 0 Å². The minimum absolute atomic E-state index is 0.00404. The fourth-order valence-electron chi connectivity index (χ4n) is 4.89. The molecule has 3 heterocycles. The maximum Gasteiger partial charge on any atom is 0.257 e. The summed E-state index contributed by atoms with van der Waals surface area (Å²) in [6, 6.07) is 9.77. The van der Waals surface area contributed by atoms with Crippen molar-refractivity contribution in [1.82, 2.24) is 14.5 Å². The third-order valence-corrected chi connectivity index (χ3v) is 6.32. The first-order chi connectivity index (χ1) is 13.1. The molecule has 6 nitrogen and oxygen atoms in total. The van der Waals surface area contributed by atoms with Crippen LogP contribution < -0.4 is 0 Å². The lowest BCUT2D eigenvalue weighted by Crippen LogP contribution is -2.36. The van der Waals surface area contributed by atoms with E-state index in [9.17, 15) is 9.90 Å². The summed E-state index contributed by atoms with van der Waals surface area (Å²) in [6.07, 6.45) is 4.56. The number of furan rings is 1. The van der Waals surface area contributed by atoms with Crippen LogP contribution in [0.2, 0.25) is 0 Å². The summed E-state index contributed by atoms with van der Waals surface area (Å²) < 4.78 is 7.40. The van der Waals surface area contributed by atoms with E-state index in [1.807, 2.05) is 42.4 Å². The van der Waals surface area contributed by atoms with Crippen molar-refractivity contribution in [2.24, 2.45) is 11.8 Å². The summed E-state index contributed by atoms with van der Waals surface area (Å²) in [4.78, 5) is 19.2. The number of benzene rings is 1. The molecule has 0 unspecified atom stereocenters. The molecule has 1 aromatic carbocycles. The van der Waals surface area contributed by atoms with Crippen LogP contribution in [0.3, 0.4) is 0 Å². The molecule has 1 N–H and O–H groups in total. The zero-order valence-electron chi connectivity index (χ0n) is 15.3. The second-order valence-electron chi connectivity index (χ2n) is 7.87. The Kier molecular flexibility index (Phi) is 3.82. The SMILES string of the molecule is Cc1occc1C(=O)N1C[C@H]2C[C@@H](n3cnc4ccccc43)[C@H](O)C[C@H]2C1. The quantitative estimate of drug-likeness (QED) is 0.758. The molecule has 3 aromatic rings. The normalized spacial score (nSPS) is 27.9. The molecule has 1 saturated carbocycles. The highest BCUT2D eigenvalue weighted by atomic mass is 16.3. The summed E-state index contributed by atoms with van der Waals surface area (Å²) in [5.74, 6) is 1.45. The number of carbonyl (C=O) groups is 1. The number of hydrogen-bond acceptors (Lipinski definition) is 4. The standard InChI is InChI=1S/C21H23N3O3/c1-13-16(6-7-27-13)21(26)23-10-14-8-19(20(25)9-15(14)11-23)24-12-22-17-4-2-3-5-18(17)24/h2-7,12,14-15,19-20,25H,8-11H2,1H3/t14-,15+,19-,20-/m1/s1. The van der Waals surface area contributed by atoms with Crippen molar-refractivity contribution in [3.8, 4) is 0 Å². The smallest absolute Gasteiger partial charge is 0.257 e. The monoisotopic (exact) mass is 365 g/mol. The van der Waals surface area contributed by atoms with E-state index in [1.54, 1.807) is 12.3 Å². The summed E-state index contributed by atoms with van der Waals surface area (Å²) in [7, 11) is 0. The first-order valence-corrected chi connectivity index (χ1v) is 9.55. The highest BCUT2D eigenvalue weighted by Crippen LogP contribution is 2.42. The van der Waals surface area contributed by atoms with Crippen molar-refractivity contribution in [1.29, 1.82) is 0 Å². The number of likely N-dealkylation sites (tertiary alicyclic amines) is 1. The van der Waals surface area contributed by atoms with Gasteiger partial charge in [0.25, 0.3) is 5.91 Å². The number of para-hydroxylation sites is 2. The molecule has 2 fully saturated rings. The number of imidazole rings is 1. The molecule has 2 aliphatic rings. The number of amides is 1. The number of aliphatic hydroxyl groups is 1. The van der Waals surface area contributed by atoms with Crippen LogP contribution in [0.1, 0.15) is 35.0 Å². The molecule has 1 aliphatic carbocycles. The summed E-state index contributed by atoms with van der Waals surface area (Å²) in [5, 5.41) is 10.8. The molecular weight excluding hydrogens is 342 g/mol. The lowest BCUT2D eigenvalue weighted by Gasteiger charge is -2.36. The van der Waals surface area contributed by atoms with Gasteiger partial charge in [-0.15, -0.1) is 0 Å². The fourth-order valence-corrected chi connectivity index (χ4v) is 4.89. The van der Waals surface area contributed by atoms with Gasteiger partial charge in [0, 0.05) is 13.1 Å². The average Bonchev–Trinajstić information content (AvgIpc) is 3.38. The highest BCUT2D eigenvalue weighted by Gasteiger charge is 2.44. The fraction of sp³-hybridized carbons (Fsp3) is 0.429. The Labute approximate surface area is 157 Å². The molecule has 1 aliphatic heterocycles. The molecule has 6 heteroatoms. The summed E-state index contributed by atoms with van der Waals surface area (Å²) >= 11 is 0. The van der Waals surface area contributed by atoms with E-state index in [-0.39, 0.29) is 11.9 Å². The van der Waals surface area contributed by atoms with Gasteiger partial charge in [-0.25, -0.2) is 4.98 Å². The Morgan fingerprint density at radius 1 is 1.19 bits per heavy atom. The zero-order valence-corrected chi connectivity index (χ0v) is 15.3. The maximum atomic E-state index is 12.8. The predicted octanol–water partition coefficient (Wildman–Crippen LogP) is 3.02. The van der Waals surface area contributed by atoms with Gasteiger partial charge in [-0.1, -0.05) is 12.1 Å². The highest BCUT2D eigenvalue weighted by molar-refractivity contribution is 5.95. The predicted molar refractivity (Wildman–Crippen MR) is 100 cm³/mol. The molecule has 27 heavy (non-hydrogen) atoms. The van der Waals surface area contributed by atoms with Gasteiger partial charge in [-0.05, 0) is 49.8 Å². The van der Waals surface area contributed by atoms with Crippen molar-refractivity contribution < 1.29 is 14.3 Å². The van der Waals surface area contributed by atoms with Gasteiger partial charge in [-0.2, -0.15) is 0 Å². The average molecular weight is 365 g/mol. The van der Waals surface area contributed by atoms with Crippen LogP contribution in [-0.2, 0) is 0 Å². The van der Waals surface area contributed by atoms with Gasteiger partial charge in [0.1, 0.15) is 5.76 Å². The van der Waals surface area contributed by atoms with E-state index in [0.29, 0.717) is 29.7 Å². The van der Waals surface area contributed by atoms with Gasteiger partial charge >= 0.3 is 0 Å². The van der Waals surface area contributed by atoms with Crippen molar-refractivity contribution in [3.05, 3.63) is 54.2 Å². The van der Waals surface area contributed by atoms with Crippen LogP contribution in [0.15, 0.2) is 47.3 Å². The topological polar surface area (TPSA) is 71.5 Å². The molecule has 5 rings (SSSR count). The van der Waals surface area contributed by atoms with Crippen molar-refractivity contribution in [2.45, 2.75) is 31.9 Å². The minimum Gasteiger partial charge on any atom is -0.469 e. The number of fused-ring (bicyclic) bond motifs is 2. The molecule has 1 amide bonds. The van der Waals surface area contributed by atoms with E-state index in [4.69, 9.17) is 4.42 Å². The first-order valence-electron chi connectivity index (χ1n) is 9.55. The second kappa shape index (κ2) is 6.23. The lowest BCUT2D eigenvalue weighted by atomic mass is 9.77. The number of nitrogens with zero attached hydrogens (tertiary/aromatic N) is 3. The largest absolute Gasteiger partial charge is 0.469 e. The molecule has 1 saturated heterocycles. The Bertz CT molecular complexity index is 991. The number of hydrogen-bond donors (Lipinski definition) is 1. The zero-order chi connectivity index (χ0) is 18.5. The third-order valence-electron chi connectivity index (χ3n) is 6.32. The Morgan fingerprint density at radius 2 is 1.96 bits per heavy atom. The van der Waals surface area contributed by atoms with E-state index >= 15 is 0 Å². The van der Waals surface area contributed by atoms with Crippen molar-refractivity contribution >= 4 is 16.9 Å². The minimum atomic E-state index is -0.422. The van der Waals surface area contributed by atoms with Crippen LogP contribution >= 0.6 is 0 Å². The number of aryl methyl sites for hydroxylation is 1. The van der Waals surface area contributed by atoms with Crippen LogP contribution in [0.25, 0.3) is 11.0 Å². The maximum absolute atomic E-state index is 12.8.